The van der Waals surface area contributed by atoms with Crippen molar-refractivity contribution in [2.45, 2.75) is 52.1 Å². The van der Waals surface area contributed by atoms with Gasteiger partial charge in [-0.15, -0.1) is 0 Å². The zero-order valence-electron chi connectivity index (χ0n) is 13.2. The second-order valence-corrected chi connectivity index (χ2v) is 8.37. The molecular formula is C17H26BrN3. The highest BCUT2D eigenvalue weighted by Gasteiger charge is 2.67. The van der Waals surface area contributed by atoms with Crippen LogP contribution in [0.5, 0.6) is 0 Å². The molecule has 1 heterocycles. The second kappa shape index (κ2) is 5.09. The van der Waals surface area contributed by atoms with Crippen LogP contribution in [0, 0.1) is 29.6 Å². The SMILES string of the molecule is CCNC(c1c(Br)cnn1C(C)C)C1C2C3CCC(C3)C21. The fourth-order valence-electron chi connectivity index (χ4n) is 5.53. The molecule has 4 heteroatoms. The largest absolute Gasteiger partial charge is 0.309 e. The Morgan fingerprint density at radius 2 is 2.00 bits per heavy atom. The van der Waals surface area contributed by atoms with Crippen LogP contribution in [-0.2, 0) is 0 Å². The van der Waals surface area contributed by atoms with E-state index in [1.54, 1.807) is 0 Å². The van der Waals surface area contributed by atoms with Gasteiger partial charge in [0, 0.05) is 6.04 Å². The van der Waals surface area contributed by atoms with E-state index in [9.17, 15) is 0 Å². The Balaban J connectivity index is 1.66. The first-order chi connectivity index (χ1) is 10.1. The summed E-state index contributed by atoms with van der Waals surface area (Å²) in [5, 5.41) is 8.40. The van der Waals surface area contributed by atoms with Crippen molar-refractivity contribution in [3.63, 3.8) is 0 Å². The van der Waals surface area contributed by atoms with Crippen LogP contribution in [-0.4, -0.2) is 16.3 Å². The first kappa shape index (κ1) is 14.3. The van der Waals surface area contributed by atoms with Crippen molar-refractivity contribution in [1.29, 1.82) is 0 Å². The average molecular weight is 352 g/mol. The minimum Gasteiger partial charge on any atom is -0.309 e. The van der Waals surface area contributed by atoms with E-state index in [4.69, 9.17) is 0 Å². The molecule has 4 rings (SSSR count). The van der Waals surface area contributed by atoms with E-state index in [1.807, 2.05) is 6.20 Å². The maximum atomic E-state index is 4.61. The number of rotatable bonds is 5. The highest BCUT2D eigenvalue weighted by molar-refractivity contribution is 9.10. The number of nitrogens with one attached hydrogen (secondary N) is 1. The highest BCUT2D eigenvalue weighted by Crippen LogP contribution is 2.72. The van der Waals surface area contributed by atoms with Crippen molar-refractivity contribution in [3.8, 4) is 0 Å². The molecule has 3 fully saturated rings. The summed E-state index contributed by atoms with van der Waals surface area (Å²) in [4.78, 5) is 0. The predicted octanol–water partition coefficient (Wildman–Crippen LogP) is 4.17. The molecule has 116 valence electrons. The van der Waals surface area contributed by atoms with Crippen molar-refractivity contribution >= 4 is 15.9 Å². The summed E-state index contributed by atoms with van der Waals surface area (Å²) in [5.41, 5.74) is 1.38. The van der Waals surface area contributed by atoms with Crippen molar-refractivity contribution < 1.29 is 0 Å². The normalized spacial score (nSPS) is 38.0. The molecule has 0 amide bonds. The molecule has 1 N–H and O–H groups in total. The molecule has 1 aromatic rings. The minimum absolute atomic E-state index is 0.419. The average Bonchev–Trinajstić information content (AvgIpc) is 2.78. The molecule has 1 aromatic heterocycles. The molecule has 3 aliphatic rings. The van der Waals surface area contributed by atoms with Gasteiger partial charge in [-0.25, -0.2) is 0 Å². The van der Waals surface area contributed by atoms with Gasteiger partial charge in [-0.1, -0.05) is 6.92 Å². The number of hydrogen-bond acceptors (Lipinski definition) is 2. The van der Waals surface area contributed by atoms with Crippen LogP contribution in [0.1, 0.15) is 57.8 Å². The lowest BCUT2D eigenvalue weighted by molar-refractivity contribution is 0.348. The Hall–Kier alpha value is -0.350. The van der Waals surface area contributed by atoms with E-state index in [-0.39, 0.29) is 0 Å². The summed E-state index contributed by atoms with van der Waals surface area (Å²) in [6.07, 6.45) is 6.49. The summed E-state index contributed by atoms with van der Waals surface area (Å²) in [6.45, 7) is 7.71. The molecule has 3 nitrogen and oxygen atoms in total. The molecule has 3 saturated carbocycles. The van der Waals surface area contributed by atoms with Crippen LogP contribution < -0.4 is 5.32 Å². The van der Waals surface area contributed by atoms with Crippen molar-refractivity contribution in [2.75, 3.05) is 6.54 Å². The van der Waals surface area contributed by atoms with Gasteiger partial charge in [0.05, 0.1) is 22.4 Å². The molecule has 3 aliphatic carbocycles. The maximum Gasteiger partial charge on any atom is 0.0701 e. The first-order valence-electron chi connectivity index (χ1n) is 8.59. The number of aromatic nitrogens is 2. The zero-order valence-corrected chi connectivity index (χ0v) is 14.8. The Morgan fingerprint density at radius 3 is 2.57 bits per heavy atom. The topological polar surface area (TPSA) is 29.9 Å². The van der Waals surface area contributed by atoms with E-state index in [0.29, 0.717) is 12.1 Å². The molecule has 0 aromatic carbocycles. The fourth-order valence-corrected chi connectivity index (χ4v) is 6.05. The van der Waals surface area contributed by atoms with E-state index in [2.05, 4.69) is 51.8 Å². The van der Waals surface area contributed by atoms with Gasteiger partial charge in [0.25, 0.3) is 0 Å². The molecule has 0 aliphatic heterocycles. The Bertz CT molecular complexity index is 522. The van der Waals surface area contributed by atoms with Crippen LogP contribution in [0.15, 0.2) is 10.7 Å². The monoisotopic (exact) mass is 351 g/mol. The third kappa shape index (κ3) is 2.05. The van der Waals surface area contributed by atoms with Gasteiger partial charge >= 0.3 is 0 Å². The molecule has 0 saturated heterocycles. The van der Waals surface area contributed by atoms with Crippen molar-refractivity contribution in [3.05, 3.63) is 16.4 Å². The number of fused-ring (bicyclic) bond motifs is 5. The van der Waals surface area contributed by atoms with Crippen LogP contribution in [0.3, 0.4) is 0 Å². The molecule has 2 bridgehead atoms. The quantitative estimate of drug-likeness (QED) is 0.862. The van der Waals surface area contributed by atoms with Crippen molar-refractivity contribution in [1.82, 2.24) is 15.1 Å². The second-order valence-electron chi connectivity index (χ2n) is 7.52. The molecule has 21 heavy (non-hydrogen) atoms. The molecule has 5 unspecified atom stereocenters. The van der Waals surface area contributed by atoms with Gasteiger partial charge in [-0.2, -0.15) is 5.10 Å². The first-order valence-corrected chi connectivity index (χ1v) is 9.39. The highest BCUT2D eigenvalue weighted by atomic mass is 79.9. The number of nitrogens with zero attached hydrogens (tertiary/aromatic N) is 2. The summed E-state index contributed by atoms with van der Waals surface area (Å²) < 4.78 is 3.40. The predicted molar refractivity (Wildman–Crippen MR) is 88.0 cm³/mol. The Kier molecular flexibility index (Phi) is 3.45. The van der Waals surface area contributed by atoms with Gasteiger partial charge in [0.15, 0.2) is 0 Å². The lowest BCUT2D eigenvalue weighted by Gasteiger charge is -2.24. The fraction of sp³-hybridized carbons (Fsp3) is 0.824. The number of hydrogen-bond donors (Lipinski definition) is 1. The smallest absolute Gasteiger partial charge is 0.0701 e. The number of halogens is 1. The maximum absolute atomic E-state index is 4.61. The summed E-state index contributed by atoms with van der Waals surface area (Å²) in [6, 6.07) is 0.899. The Morgan fingerprint density at radius 1 is 1.33 bits per heavy atom. The van der Waals surface area contributed by atoms with Gasteiger partial charge < -0.3 is 5.32 Å². The third-order valence-corrected chi connectivity index (χ3v) is 6.79. The van der Waals surface area contributed by atoms with Crippen LogP contribution in [0.25, 0.3) is 0 Å². The van der Waals surface area contributed by atoms with Gasteiger partial charge in [0.2, 0.25) is 0 Å². The summed E-state index contributed by atoms with van der Waals surface area (Å²) in [5.74, 6) is 4.90. The van der Waals surface area contributed by atoms with Crippen molar-refractivity contribution in [2.24, 2.45) is 29.6 Å². The van der Waals surface area contributed by atoms with E-state index < -0.39 is 0 Å². The van der Waals surface area contributed by atoms with E-state index in [1.165, 1.54) is 29.4 Å². The lowest BCUT2D eigenvalue weighted by atomic mass is 9.95. The zero-order chi connectivity index (χ0) is 14.7. The van der Waals surface area contributed by atoms with Crippen LogP contribution in [0.2, 0.25) is 0 Å². The molecule has 0 radical (unpaired) electrons. The molecular weight excluding hydrogens is 326 g/mol. The lowest BCUT2D eigenvalue weighted by Crippen LogP contribution is -2.28. The minimum atomic E-state index is 0.419. The molecule has 5 atom stereocenters. The molecule has 0 spiro atoms. The van der Waals surface area contributed by atoms with E-state index in [0.717, 1.165) is 36.1 Å². The summed E-state index contributed by atoms with van der Waals surface area (Å²) >= 11 is 3.75. The Labute approximate surface area is 136 Å². The van der Waals surface area contributed by atoms with Gasteiger partial charge in [0.1, 0.15) is 0 Å². The van der Waals surface area contributed by atoms with Gasteiger partial charge in [-0.3, -0.25) is 4.68 Å². The van der Waals surface area contributed by atoms with Crippen LogP contribution >= 0.6 is 15.9 Å². The van der Waals surface area contributed by atoms with Crippen LogP contribution in [0.4, 0.5) is 0 Å². The third-order valence-electron chi connectivity index (χ3n) is 6.17. The summed E-state index contributed by atoms with van der Waals surface area (Å²) in [7, 11) is 0. The van der Waals surface area contributed by atoms with Gasteiger partial charge in [-0.05, 0) is 85.2 Å². The van der Waals surface area contributed by atoms with E-state index >= 15 is 0 Å². The standard InChI is InChI=1S/C17H26BrN3/c1-4-19-16(17-12(18)8-20-21(17)9(2)3)15-13-10-5-6-11(7-10)14(13)15/h8-11,13-16,19H,4-7H2,1-3H3.